The number of Topliss-reactive ketones (excluding diaryl/α,β-unsaturated/α-hetero) is 1. The summed E-state index contributed by atoms with van der Waals surface area (Å²) >= 11 is 0. The summed E-state index contributed by atoms with van der Waals surface area (Å²) in [6, 6.07) is 8.76. The van der Waals surface area contributed by atoms with Crippen LogP contribution in [0, 0.1) is 23.5 Å². The molecule has 2 N–H and O–H groups in total. The van der Waals surface area contributed by atoms with E-state index in [4.69, 9.17) is 10.5 Å². The van der Waals surface area contributed by atoms with E-state index >= 15 is 0 Å². The van der Waals surface area contributed by atoms with Crippen molar-refractivity contribution >= 4 is 11.7 Å². The minimum Gasteiger partial charge on any atom is -0.494 e. The molecule has 1 amide bonds. The first-order chi connectivity index (χ1) is 17.4. The van der Waals surface area contributed by atoms with Crippen LogP contribution in [0.25, 0.3) is 0 Å². The van der Waals surface area contributed by atoms with Crippen LogP contribution in [-0.2, 0) is 0 Å². The Hall–Kier alpha value is -2.80. The molecule has 0 radical (unpaired) electrons. The molecule has 0 bridgehead atoms. The van der Waals surface area contributed by atoms with Crippen LogP contribution in [0.3, 0.4) is 0 Å². The molecular weight excluding hydrogens is 462 g/mol. The molecule has 1 aliphatic carbocycles. The third-order valence-corrected chi connectivity index (χ3v) is 7.89. The first-order valence-corrected chi connectivity index (χ1v) is 13.1. The lowest BCUT2D eigenvalue weighted by atomic mass is 9.76. The van der Waals surface area contributed by atoms with Crippen molar-refractivity contribution in [2.75, 3.05) is 26.2 Å². The summed E-state index contributed by atoms with van der Waals surface area (Å²) < 4.78 is 32.8. The predicted octanol–water partition coefficient (Wildman–Crippen LogP) is 5.72. The number of primary amides is 1. The zero-order chi connectivity index (χ0) is 25.7. The Bertz CT molecular complexity index is 1070. The summed E-state index contributed by atoms with van der Waals surface area (Å²) in [5, 5.41) is 0. The van der Waals surface area contributed by atoms with Gasteiger partial charge in [0.15, 0.2) is 5.78 Å². The Labute approximate surface area is 212 Å². The molecule has 5 nitrogen and oxygen atoms in total. The molecule has 2 aliphatic rings. The van der Waals surface area contributed by atoms with E-state index in [2.05, 4.69) is 4.90 Å². The van der Waals surface area contributed by atoms with Crippen LogP contribution in [0.15, 0.2) is 36.4 Å². The molecule has 194 valence electrons. The molecule has 4 rings (SSSR count). The molecule has 1 aliphatic heterocycles. The summed E-state index contributed by atoms with van der Waals surface area (Å²) in [7, 11) is 0. The van der Waals surface area contributed by atoms with Gasteiger partial charge in [0, 0.05) is 17.5 Å². The van der Waals surface area contributed by atoms with Gasteiger partial charge in [-0.25, -0.2) is 8.78 Å². The minimum atomic E-state index is -0.773. The fraction of sp³-hybridized carbons (Fsp3) is 0.517. The molecule has 0 spiro atoms. The van der Waals surface area contributed by atoms with E-state index in [1.807, 2.05) is 19.1 Å². The van der Waals surface area contributed by atoms with E-state index in [1.54, 1.807) is 6.07 Å². The number of amides is 1. The number of carbonyl (C=O) groups excluding carboxylic acids is 2. The summed E-state index contributed by atoms with van der Waals surface area (Å²) in [5.74, 6) is -0.509. The molecular formula is C29H36F2N2O3. The predicted molar refractivity (Wildman–Crippen MR) is 135 cm³/mol. The highest BCUT2D eigenvalue weighted by Gasteiger charge is 2.29. The number of hydrogen-bond acceptors (Lipinski definition) is 4. The molecule has 2 aromatic rings. The van der Waals surface area contributed by atoms with Crippen molar-refractivity contribution < 1.29 is 23.1 Å². The fourth-order valence-electron chi connectivity index (χ4n) is 5.81. The molecule has 2 aromatic carbocycles. The third-order valence-electron chi connectivity index (χ3n) is 7.89. The van der Waals surface area contributed by atoms with Crippen LogP contribution >= 0.6 is 0 Å². The van der Waals surface area contributed by atoms with Gasteiger partial charge in [0.05, 0.1) is 12.2 Å². The van der Waals surface area contributed by atoms with Crippen LogP contribution in [0.1, 0.15) is 84.1 Å². The highest BCUT2D eigenvalue weighted by atomic mass is 19.1. The number of benzene rings is 2. The van der Waals surface area contributed by atoms with Gasteiger partial charge in [-0.2, -0.15) is 0 Å². The van der Waals surface area contributed by atoms with E-state index in [0.717, 1.165) is 75.2 Å². The highest BCUT2D eigenvalue weighted by Crippen LogP contribution is 2.39. The average Bonchev–Trinajstić information content (AvgIpc) is 2.88. The van der Waals surface area contributed by atoms with Crippen molar-refractivity contribution in [2.45, 2.75) is 57.8 Å². The van der Waals surface area contributed by atoms with Crippen LogP contribution < -0.4 is 10.5 Å². The van der Waals surface area contributed by atoms with E-state index in [0.29, 0.717) is 36.8 Å². The topological polar surface area (TPSA) is 72.6 Å². The smallest absolute Gasteiger partial charge is 0.248 e. The quantitative estimate of drug-likeness (QED) is 0.449. The summed E-state index contributed by atoms with van der Waals surface area (Å²) in [6.45, 7) is 5.16. The number of nitrogens with zero attached hydrogens (tertiary/aromatic N) is 1. The van der Waals surface area contributed by atoms with Crippen molar-refractivity contribution in [3.05, 3.63) is 64.7 Å². The number of ether oxygens (including phenoxy) is 1. The number of carbonyl (C=O) groups is 2. The minimum absolute atomic E-state index is 0.00195. The lowest BCUT2D eigenvalue weighted by molar-refractivity contribution is 0.0828. The third kappa shape index (κ3) is 6.30. The van der Waals surface area contributed by atoms with Gasteiger partial charge in [-0.1, -0.05) is 0 Å². The van der Waals surface area contributed by atoms with Gasteiger partial charge in [-0.15, -0.1) is 0 Å². The van der Waals surface area contributed by atoms with Gasteiger partial charge in [0.1, 0.15) is 17.4 Å². The number of halogens is 2. The van der Waals surface area contributed by atoms with Crippen LogP contribution in [0.4, 0.5) is 8.78 Å². The van der Waals surface area contributed by atoms with Gasteiger partial charge in [0.25, 0.3) is 0 Å². The lowest BCUT2D eigenvalue weighted by Gasteiger charge is -2.34. The standard InChI is InChI=1S/C29H36F2N2O3/c1-2-36-23-8-10-24(29(32)35)26(18-23)20-5-3-19(4-6-20)11-14-33-15-12-21(13-16-33)28(34)25-9-7-22(30)17-27(25)31/h7-10,17-21H,2-6,11-16H2,1H3,(H2,32,35). The lowest BCUT2D eigenvalue weighted by Crippen LogP contribution is -2.37. The van der Waals surface area contributed by atoms with Gasteiger partial charge in [0.2, 0.25) is 5.91 Å². The van der Waals surface area contributed by atoms with E-state index < -0.39 is 11.6 Å². The van der Waals surface area contributed by atoms with Crippen molar-refractivity contribution in [1.29, 1.82) is 0 Å². The maximum absolute atomic E-state index is 14.0. The van der Waals surface area contributed by atoms with E-state index in [-0.39, 0.29) is 23.2 Å². The fourth-order valence-corrected chi connectivity index (χ4v) is 5.81. The Kier molecular flexibility index (Phi) is 8.72. The summed E-state index contributed by atoms with van der Waals surface area (Å²) in [4.78, 5) is 27.1. The van der Waals surface area contributed by atoms with E-state index in [9.17, 15) is 18.4 Å². The first-order valence-electron chi connectivity index (χ1n) is 13.1. The number of piperidine rings is 1. The molecule has 36 heavy (non-hydrogen) atoms. The van der Waals surface area contributed by atoms with Crippen molar-refractivity contribution in [3.8, 4) is 5.75 Å². The van der Waals surface area contributed by atoms with Crippen LogP contribution in [0.2, 0.25) is 0 Å². The SMILES string of the molecule is CCOc1ccc(C(N)=O)c(C2CCC(CCN3CCC(C(=O)c4ccc(F)cc4F)CC3)CC2)c1. The molecule has 0 atom stereocenters. The zero-order valence-corrected chi connectivity index (χ0v) is 21.0. The molecule has 7 heteroatoms. The Morgan fingerprint density at radius 2 is 1.67 bits per heavy atom. The second-order valence-corrected chi connectivity index (χ2v) is 10.2. The van der Waals surface area contributed by atoms with E-state index in [1.165, 1.54) is 6.07 Å². The number of likely N-dealkylation sites (tertiary alicyclic amines) is 1. The molecule has 0 aromatic heterocycles. The molecule has 0 unspecified atom stereocenters. The summed E-state index contributed by atoms with van der Waals surface area (Å²) in [5.41, 5.74) is 7.24. The van der Waals surface area contributed by atoms with Crippen molar-refractivity contribution in [3.63, 3.8) is 0 Å². The van der Waals surface area contributed by atoms with Gasteiger partial charge < -0.3 is 15.4 Å². The number of nitrogens with two attached hydrogens (primary N) is 1. The second kappa shape index (κ2) is 12.0. The van der Waals surface area contributed by atoms with Crippen LogP contribution in [0.5, 0.6) is 5.75 Å². The molecule has 2 fully saturated rings. The average molecular weight is 499 g/mol. The van der Waals surface area contributed by atoms with Crippen molar-refractivity contribution in [1.82, 2.24) is 4.90 Å². The highest BCUT2D eigenvalue weighted by molar-refractivity contribution is 5.98. The Morgan fingerprint density at radius 1 is 0.972 bits per heavy atom. The van der Waals surface area contributed by atoms with Crippen LogP contribution in [-0.4, -0.2) is 42.8 Å². The maximum Gasteiger partial charge on any atom is 0.248 e. The molecule has 1 saturated carbocycles. The number of hydrogen-bond donors (Lipinski definition) is 1. The largest absolute Gasteiger partial charge is 0.494 e. The Balaban J connectivity index is 1.24. The summed E-state index contributed by atoms with van der Waals surface area (Å²) in [6.07, 6.45) is 6.80. The number of rotatable bonds is 9. The van der Waals surface area contributed by atoms with Gasteiger partial charge in [-0.3, -0.25) is 9.59 Å². The van der Waals surface area contributed by atoms with Gasteiger partial charge >= 0.3 is 0 Å². The van der Waals surface area contributed by atoms with Gasteiger partial charge in [-0.05, 0) is 119 Å². The zero-order valence-electron chi connectivity index (χ0n) is 21.0. The first kappa shape index (κ1) is 26.3. The molecule has 1 saturated heterocycles. The Morgan fingerprint density at radius 3 is 2.31 bits per heavy atom. The maximum atomic E-state index is 14.0. The molecule has 1 heterocycles. The van der Waals surface area contributed by atoms with Crippen molar-refractivity contribution in [2.24, 2.45) is 17.6 Å². The normalized spacial score (nSPS) is 21.3. The second-order valence-electron chi connectivity index (χ2n) is 10.2. The monoisotopic (exact) mass is 498 g/mol. The number of ketones is 1.